The minimum Gasteiger partial charge on any atom is -0.317 e. The fourth-order valence-electron chi connectivity index (χ4n) is 1.71. The van der Waals surface area contributed by atoms with E-state index in [-0.39, 0.29) is 0 Å². The quantitative estimate of drug-likeness (QED) is 0.567. The van der Waals surface area contributed by atoms with Crippen LogP contribution in [0.2, 0.25) is 0 Å². The van der Waals surface area contributed by atoms with Crippen LogP contribution in [0, 0.1) is 5.92 Å². The summed E-state index contributed by atoms with van der Waals surface area (Å²) >= 11 is 0. The van der Waals surface area contributed by atoms with Crippen molar-refractivity contribution in [3.8, 4) is 0 Å². The summed E-state index contributed by atoms with van der Waals surface area (Å²) < 4.78 is 0. The van der Waals surface area contributed by atoms with E-state index in [0.29, 0.717) is 0 Å². The molecule has 1 heterocycles. The zero-order chi connectivity index (χ0) is 7.94. The van der Waals surface area contributed by atoms with Crippen LogP contribution in [0.1, 0.15) is 45.4 Å². The first-order chi connectivity index (χ1) is 5.39. The van der Waals surface area contributed by atoms with Gasteiger partial charge in [-0.3, -0.25) is 0 Å². The lowest BCUT2D eigenvalue weighted by molar-refractivity contribution is 0.423. The molecule has 0 radical (unpaired) electrons. The van der Waals surface area contributed by atoms with Crippen LogP contribution in [-0.2, 0) is 0 Å². The highest BCUT2D eigenvalue weighted by molar-refractivity contribution is 4.59. The number of hydrogen-bond acceptors (Lipinski definition) is 1. The van der Waals surface area contributed by atoms with E-state index < -0.39 is 0 Å². The molecule has 0 aromatic rings. The molecule has 1 aliphatic heterocycles. The molecule has 1 aliphatic rings. The van der Waals surface area contributed by atoms with E-state index in [1.807, 2.05) is 0 Å². The van der Waals surface area contributed by atoms with Gasteiger partial charge in [0, 0.05) is 0 Å². The molecular formula is C10H21N. The maximum atomic E-state index is 3.49. The molecule has 0 aromatic carbocycles. The summed E-state index contributed by atoms with van der Waals surface area (Å²) in [7, 11) is 0. The molecule has 1 nitrogen and oxygen atoms in total. The summed E-state index contributed by atoms with van der Waals surface area (Å²) in [6.07, 6.45) is 8.54. The van der Waals surface area contributed by atoms with Crippen LogP contribution < -0.4 is 5.32 Å². The van der Waals surface area contributed by atoms with E-state index in [0.717, 1.165) is 5.92 Å². The van der Waals surface area contributed by atoms with Gasteiger partial charge in [-0.05, 0) is 31.8 Å². The molecular weight excluding hydrogens is 134 g/mol. The first kappa shape index (κ1) is 9.05. The van der Waals surface area contributed by atoms with Gasteiger partial charge < -0.3 is 5.32 Å². The zero-order valence-electron chi connectivity index (χ0n) is 7.73. The largest absolute Gasteiger partial charge is 0.317 e. The number of hydrogen-bond donors (Lipinski definition) is 1. The second-order valence-corrected chi connectivity index (χ2v) is 3.85. The predicted molar refractivity (Wildman–Crippen MR) is 49.7 cm³/mol. The Balaban J connectivity index is 2.12. The molecule has 0 spiro atoms. The van der Waals surface area contributed by atoms with Gasteiger partial charge in [-0.25, -0.2) is 0 Å². The van der Waals surface area contributed by atoms with Gasteiger partial charge in [0.15, 0.2) is 0 Å². The van der Waals surface area contributed by atoms with Gasteiger partial charge in [-0.1, -0.05) is 32.6 Å². The Bertz CT molecular complexity index is 80.9. The molecule has 1 rings (SSSR count). The van der Waals surface area contributed by atoms with E-state index in [2.05, 4.69) is 12.2 Å². The zero-order valence-corrected chi connectivity index (χ0v) is 7.73. The first-order valence-electron chi connectivity index (χ1n) is 5.10. The van der Waals surface area contributed by atoms with Crippen LogP contribution in [0.3, 0.4) is 0 Å². The third-order valence-electron chi connectivity index (χ3n) is 2.61. The number of rotatable bonds is 0. The fourth-order valence-corrected chi connectivity index (χ4v) is 1.71. The van der Waals surface area contributed by atoms with Gasteiger partial charge in [0.2, 0.25) is 0 Å². The van der Waals surface area contributed by atoms with Crippen molar-refractivity contribution in [2.24, 2.45) is 5.92 Å². The van der Waals surface area contributed by atoms with Crippen molar-refractivity contribution in [1.82, 2.24) is 5.32 Å². The van der Waals surface area contributed by atoms with Crippen molar-refractivity contribution >= 4 is 0 Å². The van der Waals surface area contributed by atoms with Crippen molar-refractivity contribution in [2.45, 2.75) is 45.4 Å². The summed E-state index contributed by atoms with van der Waals surface area (Å²) in [5.41, 5.74) is 0. The van der Waals surface area contributed by atoms with Crippen LogP contribution >= 0.6 is 0 Å². The molecule has 1 N–H and O–H groups in total. The van der Waals surface area contributed by atoms with Gasteiger partial charge in [0.25, 0.3) is 0 Å². The normalized spacial score (nSPS) is 29.7. The SMILES string of the molecule is CC1CCCCCCNCC1. The molecule has 0 saturated carbocycles. The van der Waals surface area contributed by atoms with E-state index in [9.17, 15) is 0 Å². The van der Waals surface area contributed by atoms with Crippen molar-refractivity contribution < 1.29 is 0 Å². The lowest BCUT2D eigenvalue weighted by Gasteiger charge is -2.14. The highest BCUT2D eigenvalue weighted by atomic mass is 14.8. The summed E-state index contributed by atoms with van der Waals surface area (Å²) in [5.74, 6) is 0.945. The molecule has 0 amide bonds. The standard InChI is InChI=1S/C10H21N/c1-10-6-4-2-3-5-8-11-9-7-10/h10-11H,2-9H2,1H3. The van der Waals surface area contributed by atoms with Crippen molar-refractivity contribution in [1.29, 1.82) is 0 Å². The third-order valence-corrected chi connectivity index (χ3v) is 2.61. The van der Waals surface area contributed by atoms with Gasteiger partial charge in [-0.2, -0.15) is 0 Å². The summed E-state index contributed by atoms with van der Waals surface area (Å²) in [6, 6.07) is 0. The van der Waals surface area contributed by atoms with Gasteiger partial charge >= 0.3 is 0 Å². The summed E-state index contributed by atoms with van der Waals surface area (Å²) in [6.45, 7) is 4.86. The minimum atomic E-state index is 0.945. The van der Waals surface area contributed by atoms with Gasteiger partial charge in [0.1, 0.15) is 0 Å². The Morgan fingerprint density at radius 2 is 1.73 bits per heavy atom. The van der Waals surface area contributed by atoms with E-state index in [4.69, 9.17) is 0 Å². The lowest BCUT2D eigenvalue weighted by Crippen LogP contribution is -2.19. The molecule has 0 bridgehead atoms. The summed E-state index contributed by atoms with van der Waals surface area (Å²) in [5, 5.41) is 3.49. The Morgan fingerprint density at radius 1 is 0.909 bits per heavy atom. The monoisotopic (exact) mass is 155 g/mol. The van der Waals surface area contributed by atoms with Crippen molar-refractivity contribution in [2.75, 3.05) is 13.1 Å². The Kier molecular flexibility index (Phi) is 4.60. The van der Waals surface area contributed by atoms with Gasteiger partial charge in [-0.15, -0.1) is 0 Å². The lowest BCUT2D eigenvalue weighted by atomic mass is 9.98. The van der Waals surface area contributed by atoms with Crippen LogP contribution in [0.15, 0.2) is 0 Å². The number of nitrogens with one attached hydrogen (secondary N) is 1. The van der Waals surface area contributed by atoms with Gasteiger partial charge in [0.05, 0.1) is 0 Å². The molecule has 1 atom stereocenters. The minimum absolute atomic E-state index is 0.945. The third kappa shape index (κ3) is 4.41. The summed E-state index contributed by atoms with van der Waals surface area (Å²) in [4.78, 5) is 0. The van der Waals surface area contributed by atoms with Crippen molar-refractivity contribution in [3.05, 3.63) is 0 Å². The second-order valence-electron chi connectivity index (χ2n) is 3.85. The molecule has 1 saturated heterocycles. The molecule has 11 heavy (non-hydrogen) atoms. The Hall–Kier alpha value is -0.0400. The first-order valence-corrected chi connectivity index (χ1v) is 5.10. The molecule has 66 valence electrons. The van der Waals surface area contributed by atoms with E-state index in [1.165, 1.54) is 51.6 Å². The molecule has 1 heteroatoms. The average molecular weight is 155 g/mol. The van der Waals surface area contributed by atoms with E-state index >= 15 is 0 Å². The van der Waals surface area contributed by atoms with Crippen LogP contribution in [0.25, 0.3) is 0 Å². The van der Waals surface area contributed by atoms with Crippen molar-refractivity contribution in [3.63, 3.8) is 0 Å². The topological polar surface area (TPSA) is 12.0 Å². The van der Waals surface area contributed by atoms with Crippen LogP contribution in [0.5, 0.6) is 0 Å². The molecule has 1 unspecified atom stereocenters. The molecule has 0 aromatic heterocycles. The fraction of sp³-hybridized carbons (Fsp3) is 1.00. The average Bonchev–Trinajstić information content (AvgIpc) is 2.03. The smallest absolute Gasteiger partial charge is 0.00464 e. The Labute approximate surface area is 70.6 Å². The highest BCUT2D eigenvalue weighted by Crippen LogP contribution is 2.13. The van der Waals surface area contributed by atoms with Crippen LogP contribution in [0.4, 0.5) is 0 Å². The predicted octanol–water partition coefficient (Wildman–Crippen LogP) is 2.57. The maximum absolute atomic E-state index is 3.49. The Morgan fingerprint density at radius 3 is 2.64 bits per heavy atom. The maximum Gasteiger partial charge on any atom is -0.00464 e. The molecule has 0 aliphatic carbocycles. The second kappa shape index (κ2) is 5.59. The van der Waals surface area contributed by atoms with Crippen LogP contribution in [-0.4, -0.2) is 13.1 Å². The highest BCUT2D eigenvalue weighted by Gasteiger charge is 2.03. The van der Waals surface area contributed by atoms with E-state index in [1.54, 1.807) is 0 Å². The molecule has 1 fully saturated rings.